The van der Waals surface area contributed by atoms with Crippen molar-refractivity contribution >= 4 is 5.97 Å². The molecule has 1 heterocycles. The summed E-state index contributed by atoms with van der Waals surface area (Å²) in [6.07, 6.45) is 0.197. The molecule has 1 saturated heterocycles. The summed E-state index contributed by atoms with van der Waals surface area (Å²) in [7, 11) is 1.96. The number of carboxylic acid groups (broad SMARTS) is 1. The fraction of sp³-hybridized carbons (Fsp3) is 0.889. The van der Waals surface area contributed by atoms with Crippen LogP contribution >= 0.6 is 0 Å². The lowest BCUT2D eigenvalue weighted by molar-refractivity contribution is -0.177. The summed E-state index contributed by atoms with van der Waals surface area (Å²) in [5, 5.41) is 8.71. The predicted molar refractivity (Wildman–Crippen MR) is 48.7 cm³/mol. The lowest BCUT2D eigenvalue weighted by Gasteiger charge is -2.48. The molecular weight excluding hydrogens is 170 g/mol. The molecule has 4 heteroatoms. The van der Waals surface area contributed by atoms with Crippen LogP contribution in [-0.2, 0) is 9.53 Å². The maximum atomic E-state index is 10.6. The van der Waals surface area contributed by atoms with Crippen LogP contribution in [-0.4, -0.2) is 47.8 Å². The molecule has 0 aromatic carbocycles. The van der Waals surface area contributed by atoms with Gasteiger partial charge >= 0.3 is 5.97 Å². The van der Waals surface area contributed by atoms with Gasteiger partial charge in [-0.1, -0.05) is 0 Å². The topological polar surface area (TPSA) is 49.8 Å². The summed E-state index contributed by atoms with van der Waals surface area (Å²) in [5.41, 5.74) is -0.436. The Balaban J connectivity index is 2.50. The Bertz CT molecular complexity index is 197. The average Bonchev–Trinajstić information content (AvgIpc) is 1.79. The second-order valence-corrected chi connectivity index (χ2v) is 4.09. The average molecular weight is 187 g/mol. The quantitative estimate of drug-likeness (QED) is 0.699. The second kappa shape index (κ2) is 3.64. The fourth-order valence-electron chi connectivity index (χ4n) is 1.94. The Kier molecular flexibility index (Phi) is 2.93. The highest BCUT2D eigenvalue weighted by atomic mass is 16.5. The molecule has 1 aliphatic rings. The monoisotopic (exact) mass is 187 g/mol. The van der Waals surface area contributed by atoms with Crippen molar-refractivity contribution in [2.45, 2.75) is 32.0 Å². The molecule has 13 heavy (non-hydrogen) atoms. The Morgan fingerprint density at radius 2 is 2.15 bits per heavy atom. The molecule has 1 aliphatic heterocycles. The van der Waals surface area contributed by atoms with Crippen molar-refractivity contribution < 1.29 is 14.6 Å². The number of likely N-dealkylation sites (N-methyl/N-ethyl adjacent to an activating group) is 1. The summed E-state index contributed by atoms with van der Waals surface area (Å²) < 4.78 is 5.63. The van der Waals surface area contributed by atoms with Gasteiger partial charge in [-0.15, -0.1) is 0 Å². The van der Waals surface area contributed by atoms with Crippen LogP contribution in [0.3, 0.4) is 0 Å². The molecule has 0 aromatic heterocycles. The first-order valence-corrected chi connectivity index (χ1v) is 4.52. The molecule has 4 nitrogen and oxygen atoms in total. The number of hydrogen-bond donors (Lipinski definition) is 1. The molecule has 1 N–H and O–H groups in total. The van der Waals surface area contributed by atoms with Crippen molar-refractivity contribution in [2.75, 3.05) is 20.1 Å². The van der Waals surface area contributed by atoms with Crippen molar-refractivity contribution in [2.24, 2.45) is 0 Å². The molecule has 0 aliphatic carbocycles. The second-order valence-electron chi connectivity index (χ2n) is 4.09. The van der Waals surface area contributed by atoms with E-state index in [9.17, 15) is 4.79 Å². The minimum atomic E-state index is -0.784. The van der Waals surface area contributed by atoms with E-state index in [4.69, 9.17) is 9.84 Å². The van der Waals surface area contributed by atoms with Crippen LogP contribution in [0.4, 0.5) is 0 Å². The van der Waals surface area contributed by atoms with Crippen LogP contribution in [0.15, 0.2) is 0 Å². The maximum Gasteiger partial charge on any atom is 0.306 e. The number of nitrogens with zero attached hydrogens (tertiary/aromatic N) is 1. The van der Waals surface area contributed by atoms with Crippen molar-refractivity contribution in [3.8, 4) is 0 Å². The first-order valence-electron chi connectivity index (χ1n) is 4.52. The van der Waals surface area contributed by atoms with E-state index in [1.54, 1.807) is 0 Å². The standard InChI is InChI=1S/C9H17NO3/c1-7(2)13-9(4-8(11)12)5-10(3)6-9/h7H,4-6H2,1-3H3,(H,11,12). The number of ether oxygens (including phenoxy) is 1. The summed E-state index contributed by atoms with van der Waals surface area (Å²) in [5.74, 6) is -0.784. The van der Waals surface area contributed by atoms with E-state index in [1.165, 1.54) is 0 Å². The van der Waals surface area contributed by atoms with Crippen LogP contribution in [0.5, 0.6) is 0 Å². The van der Waals surface area contributed by atoms with Crippen LogP contribution in [0.1, 0.15) is 20.3 Å². The molecule has 0 aromatic rings. The molecule has 0 spiro atoms. The zero-order valence-electron chi connectivity index (χ0n) is 8.41. The number of carboxylic acids is 1. The molecule has 1 fully saturated rings. The zero-order chi connectivity index (χ0) is 10.1. The van der Waals surface area contributed by atoms with Gasteiger partial charge in [-0.3, -0.25) is 4.79 Å². The summed E-state index contributed by atoms with van der Waals surface area (Å²) in [6, 6.07) is 0. The van der Waals surface area contributed by atoms with Crippen LogP contribution < -0.4 is 0 Å². The third kappa shape index (κ3) is 2.67. The van der Waals surface area contributed by atoms with Gasteiger partial charge < -0.3 is 14.7 Å². The number of likely N-dealkylation sites (tertiary alicyclic amines) is 1. The number of hydrogen-bond acceptors (Lipinski definition) is 3. The van der Waals surface area contributed by atoms with Gasteiger partial charge in [-0.25, -0.2) is 0 Å². The molecule has 0 amide bonds. The van der Waals surface area contributed by atoms with Gasteiger partial charge in [0, 0.05) is 13.1 Å². The van der Waals surface area contributed by atoms with E-state index in [-0.39, 0.29) is 12.5 Å². The summed E-state index contributed by atoms with van der Waals surface area (Å²) in [4.78, 5) is 12.7. The van der Waals surface area contributed by atoms with E-state index in [0.717, 1.165) is 13.1 Å². The molecular formula is C9H17NO3. The SMILES string of the molecule is CC(C)OC1(CC(=O)O)CN(C)C1. The normalized spacial score (nSPS) is 21.5. The van der Waals surface area contributed by atoms with Gasteiger partial charge in [0.1, 0.15) is 5.60 Å². The van der Waals surface area contributed by atoms with Crippen LogP contribution in [0, 0.1) is 0 Å². The Hall–Kier alpha value is -0.610. The molecule has 0 bridgehead atoms. The van der Waals surface area contributed by atoms with Gasteiger partial charge in [-0.2, -0.15) is 0 Å². The van der Waals surface area contributed by atoms with E-state index in [1.807, 2.05) is 20.9 Å². The molecule has 76 valence electrons. The molecule has 1 rings (SSSR count). The van der Waals surface area contributed by atoms with E-state index in [0.29, 0.717) is 0 Å². The third-order valence-electron chi connectivity index (χ3n) is 2.08. The zero-order valence-corrected chi connectivity index (χ0v) is 8.41. The highest BCUT2D eigenvalue weighted by molar-refractivity contribution is 5.68. The first kappa shape index (κ1) is 10.5. The largest absolute Gasteiger partial charge is 0.481 e. The fourth-order valence-corrected chi connectivity index (χ4v) is 1.94. The van der Waals surface area contributed by atoms with Crippen LogP contribution in [0.25, 0.3) is 0 Å². The third-order valence-corrected chi connectivity index (χ3v) is 2.08. The molecule has 0 unspecified atom stereocenters. The van der Waals surface area contributed by atoms with Gasteiger partial charge in [-0.05, 0) is 20.9 Å². The lowest BCUT2D eigenvalue weighted by Crippen LogP contribution is -2.63. The molecule has 0 saturated carbocycles. The number of rotatable bonds is 4. The summed E-state index contributed by atoms with van der Waals surface area (Å²) in [6.45, 7) is 5.30. The van der Waals surface area contributed by atoms with E-state index in [2.05, 4.69) is 4.90 Å². The Morgan fingerprint density at radius 1 is 1.62 bits per heavy atom. The van der Waals surface area contributed by atoms with E-state index < -0.39 is 11.6 Å². The molecule has 0 radical (unpaired) electrons. The Labute approximate surface area is 78.5 Å². The van der Waals surface area contributed by atoms with Gasteiger partial charge in [0.05, 0.1) is 12.5 Å². The minimum absolute atomic E-state index is 0.0908. The highest BCUT2D eigenvalue weighted by Crippen LogP contribution is 2.28. The summed E-state index contributed by atoms with van der Waals surface area (Å²) >= 11 is 0. The maximum absolute atomic E-state index is 10.6. The highest BCUT2D eigenvalue weighted by Gasteiger charge is 2.44. The minimum Gasteiger partial charge on any atom is -0.481 e. The molecule has 0 atom stereocenters. The van der Waals surface area contributed by atoms with Gasteiger partial charge in [0.25, 0.3) is 0 Å². The van der Waals surface area contributed by atoms with Crippen molar-refractivity contribution in [3.05, 3.63) is 0 Å². The number of carbonyl (C=O) groups is 1. The van der Waals surface area contributed by atoms with E-state index >= 15 is 0 Å². The first-order chi connectivity index (χ1) is 5.93. The van der Waals surface area contributed by atoms with Gasteiger partial charge in [0.2, 0.25) is 0 Å². The van der Waals surface area contributed by atoms with Crippen molar-refractivity contribution in [1.29, 1.82) is 0 Å². The van der Waals surface area contributed by atoms with Crippen LogP contribution in [0.2, 0.25) is 0 Å². The van der Waals surface area contributed by atoms with Crippen molar-refractivity contribution in [3.63, 3.8) is 0 Å². The van der Waals surface area contributed by atoms with Crippen molar-refractivity contribution in [1.82, 2.24) is 4.90 Å². The predicted octanol–water partition coefficient (Wildman–Crippen LogP) is 0.570. The smallest absolute Gasteiger partial charge is 0.306 e. The Morgan fingerprint density at radius 3 is 2.46 bits per heavy atom. The lowest BCUT2D eigenvalue weighted by atomic mass is 9.90. The van der Waals surface area contributed by atoms with Gasteiger partial charge in [0.15, 0.2) is 0 Å². The number of aliphatic carboxylic acids is 1.